The molecule has 0 radical (unpaired) electrons. The van der Waals surface area contributed by atoms with E-state index >= 15 is 0 Å². The largest absolute Gasteiger partial charge is 0.382 e. The average Bonchev–Trinajstić information content (AvgIpc) is 3.06. The molecule has 0 saturated heterocycles. The highest BCUT2D eigenvalue weighted by Crippen LogP contribution is 2.36. The highest BCUT2D eigenvalue weighted by molar-refractivity contribution is 7.22. The Morgan fingerprint density at radius 1 is 1.19 bits per heavy atom. The Balaban J connectivity index is 1.98. The summed E-state index contributed by atoms with van der Waals surface area (Å²) in [6, 6.07) is 13.3. The molecule has 5 nitrogen and oxygen atoms in total. The third kappa shape index (κ3) is 4.04. The van der Waals surface area contributed by atoms with E-state index in [0.29, 0.717) is 29.1 Å². The summed E-state index contributed by atoms with van der Waals surface area (Å²) in [7, 11) is 1.59. The average molecular weight is 391 g/mol. The molecule has 0 aliphatic rings. The first-order valence-corrected chi connectivity index (χ1v) is 9.31. The summed E-state index contributed by atoms with van der Waals surface area (Å²) in [6.07, 6.45) is 0. The van der Waals surface area contributed by atoms with Crippen molar-refractivity contribution in [2.45, 2.75) is 6.92 Å². The Kier molecular flexibility index (Phi) is 6.21. The number of rotatable bonds is 7. The fourth-order valence-electron chi connectivity index (χ4n) is 2.50. The number of aromatic nitrogens is 1. The van der Waals surface area contributed by atoms with Crippen LogP contribution in [-0.4, -0.2) is 37.8 Å². The first kappa shape index (κ1) is 18.8. The van der Waals surface area contributed by atoms with Crippen LogP contribution in [0.1, 0.15) is 5.56 Å². The van der Waals surface area contributed by atoms with Gasteiger partial charge in [0.1, 0.15) is 6.61 Å². The van der Waals surface area contributed by atoms with E-state index < -0.39 is 0 Å². The van der Waals surface area contributed by atoms with Gasteiger partial charge >= 0.3 is 0 Å². The van der Waals surface area contributed by atoms with Crippen LogP contribution in [0.15, 0.2) is 42.5 Å². The minimum atomic E-state index is -0.203. The molecule has 2 aromatic carbocycles. The van der Waals surface area contributed by atoms with E-state index in [4.69, 9.17) is 21.1 Å². The zero-order valence-electron chi connectivity index (χ0n) is 14.6. The lowest BCUT2D eigenvalue weighted by atomic mass is 10.2. The van der Waals surface area contributed by atoms with Crippen LogP contribution in [0.4, 0.5) is 10.8 Å². The Bertz CT molecular complexity index is 880. The number of amides is 1. The van der Waals surface area contributed by atoms with E-state index in [1.807, 2.05) is 43.3 Å². The lowest BCUT2D eigenvalue weighted by Crippen LogP contribution is -2.30. The number of ether oxygens (including phenoxy) is 2. The van der Waals surface area contributed by atoms with E-state index in [-0.39, 0.29) is 12.5 Å². The molecule has 1 heterocycles. The number of fused-ring (bicyclic) bond motifs is 1. The minimum Gasteiger partial charge on any atom is -0.382 e. The first-order chi connectivity index (χ1) is 12.6. The van der Waals surface area contributed by atoms with Crippen molar-refractivity contribution in [3.63, 3.8) is 0 Å². The van der Waals surface area contributed by atoms with Crippen LogP contribution in [0.3, 0.4) is 0 Å². The molecule has 26 heavy (non-hydrogen) atoms. The molecule has 0 bridgehead atoms. The highest BCUT2D eigenvalue weighted by atomic mass is 35.5. The van der Waals surface area contributed by atoms with Gasteiger partial charge in [0.2, 0.25) is 0 Å². The number of carbonyl (C=O) groups is 1. The van der Waals surface area contributed by atoms with E-state index in [2.05, 4.69) is 4.98 Å². The van der Waals surface area contributed by atoms with E-state index in [1.165, 1.54) is 11.3 Å². The Hall–Kier alpha value is -1.99. The van der Waals surface area contributed by atoms with Crippen LogP contribution >= 0.6 is 22.9 Å². The van der Waals surface area contributed by atoms with E-state index in [0.717, 1.165) is 15.8 Å². The van der Waals surface area contributed by atoms with Crippen molar-refractivity contribution in [1.82, 2.24) is 4.98 Å². The van der Waals surface area contributed by atoms with Gasteiger partial charge in [0.25, 0.3) is 5.91 Å². The van der Waals surface area contributed by atoms with E-state index in [1.54, 1.807) is 18.1 Å². The first-order valence-electron chi connectivity index (χ1n) is 8.12. The Morgan fingerprint density at radius 2 is 2.00 bits per heavy atom. The molecule has 0 aliphatic carbocycles. The van der Waals surface area contributed by atoms with E-state index in [9.17, 15) is 4.79 Å². The fourth-order valence-corrected chi connectivity index (χ4v) is 3.67. The summed E-state index contributed by atoms with van der Waals surface area (Å²) in [6.45, 7) is 2.61. The number of benzene rings is 2. The van der Waals surface area contributed by atoms with Crippen LogP contribution in [0.25, 0.3) is 10.2 Å². The third-order valence-electron chi connectivity index (χ3n) is 3.86. The van der Waals surface area contributed by atoms with Crippen LogP contribution in [0, 0.1) is 6.92 Å². The Labute approximate surface area is 161 Å². The lowest BCUT2D eigenvalue weighted by molar-refractivity contribution is -0.122. The van der Waals surface area contributed by atoms with Gasteiger partial charge in [-0.3, -0.25) is 9.69 Å². The number of halogens is 1. The van der Waals surface area contributed by atoms with Crippen LogP contribution in [-0.2, 0) is 14.3 Å². The van der Waals surface area contributed by atoms with Gasteiger partial charge in [-0.2, -0.15) is 0 Å². The predicted molar refractivity (Wildman–Crippen MR) is 106 cm³/mol. The van der Waals surface area contributed by atoms with Crippen molar-refractivity contribution >= 4 is 49.9 Å². The molecule has 136 valence electrons. The summed E-state index contributed by atoms with van der Waals surface area (Å²) in [5.74, 6) is -0.203. The second-order valence-corrected chi connectivity index (χ2v) is 7.04. The van der Waals surface area contributed by atoms with Crippen molar-refractivity contribution in [3.8, 4) is 0 Å². The quantitative estimate of drug-likeness (QED) is 0.554. The van der Waals surface area contributed by atoms with Gasteiger partial charge in [-0.05, 0) is 36.8 Å². The predicted octanol–water partition coefficient (Wildman–Crippen LogP) is 4.59. The number of anilines is 2. The number of thiazole rings is 1. The molecule has 0 N–H and O–H groups in total. The molecule has 0 fully saturated rings. The number of hydrogen-bond acceptors (Lipinski definition) is 5. The molecular weight excluding hydrogens is 372 g/mol. The molecule has 0 spiro atoms. The summed E-state index contributed by atoms with van der Waals surface area (Å²) in [5.41, 5.74) is 2.38. The molecule has 0 saturated carbocycles. The zero-order valence-corrected chi connectivity index (χ0v) is 16.1. The van der Waals surface area contributed by atoms with Gasteiger partial charge in [0.15, 0.2) is 5.13 Å². The monoisotopic (exact) mass is 390 g/mol. The van der Waals surface area contributed by atoms with Crippen molar-refractivity contribution in [1.29, 1.82) is 0 Å². The second kappa shape index (κ2) is 8.60. The van der Waals surface area contributed by atoms with Gasteiger partial charge in [0.05, 0.1) is 29.1 Å². The van der Waals surface area contributed by atoms with Crippen LogP contribution < -0.4 is 4.90 Å². The van der Waals surface area contributed by atoms with Gasteiger partial charge in [-0.25, -0.2) is 4.98 Å². The molecule has 1 amide bonds. The molecule has 1 aromatic heterocycles. The summed E-state index contributed by atoms with van der Waals surface area (Å²) in [5, 5.41) is 1.19. The smallest absolute Gasteiger partial charge is 0.259 e. The molecule has 3 rings (SSSR count). The molecular formula is C19H19ClN2O3S. The molecule has 7 heteroatoms. The SMILES string of the molecule is COCCOCC(=O)N(c1nc2ccccc2s1)c1cccc(Cl)c1C. The highest BCUT2D eigenvalue weighted by Gasteiger charge is 2.24. The fraction of sp³-hybridized carbons (Fsp3) is 0.263. The summed E-state index contributed by atoms with van der Waals surface area (Å²) in [4.78, 5) is 19.1. The number of hydrogen-bond donors (Lipinski definition) is 0. The maximum Gasteiger partial charge on any atom is 0.259 e. The van der Waals surface area contributed by atoms with Gasteiger partial charge < -0.3 is 9.47 Å². The van der Waals surface area contributed by atoms with Crippen molar-refractivity contribution in [2.75, 3.05) is 31.8 Å². The van der Waals surface area contributed by atoms with Crippen LogP contribution in [0.2, 0.25) is 5.02 Å². The van der Waals surface area contributed by atoms with Crippen molar-refractivity contribution in [3.05, 3.63) is 53.1 Å². The van der Waals surface area contributed by atoms with Gasteiger partial charge in [0, 0.05) is 12.1 Å². The molecule has 0 aliphatic heterocycles. The number of para-hydroxylation sites is 1. The number of carbonyl (C=O) groups excluding carboxylic acids is 1. The second-order valence-electron chi connectivity index (χ2n) is 5.62. The summed E-state index contributed by atoms with van der Waals surface area (Å²) < 4.78 is 11.4. The standard InChI is InChI=1S/C19H19ClN2O3S/c1-13-14(20)6-5-8-16(13)22(18(23)12-25-11-10-24-2)19-21-15-7-3-4-9-17(15)26-19/h3-9H,10-12H2,1-2H3. The van der Waals surface area contributed by atoms with Crippen LogP contribution in [0.5, 0.6) is 0 Å². The van der Waals surface area contributed by atoms with Crippen molar-refractivity contribution < 1.29 is 14.3 Å². The maximum absolute atomic E-state index is 12.9. The molecule has 0 atom stereocenters. The topological polar surface area (TPSA) is 51.7 Å². The minimum absolute atomic E-state index is 0.0642. The van der Waals surface area contributed by atoms with Gasteiger partial charge in [-0.1, -0.05) is 41.1 Å². The van der Waals surface area contributed by atoms with Gasteiger partial charge in [-0.15, -0.1) is 0 Å². The summed E-state index contributed by atoms with van der Waals surface area (Å²) >= 11 is 7.73. The third-order valence-corrected chi connectivity index (χ3v) is 5.29. The van der Waals surface area contributed by atoms with Crippen molar-refractivity contribution in [2.24, 2.45) is 0 Å². The normalized spacial score (nSPS) is 11.0. The maximum atomic E-state index is 12.9. The molecule has 0 unspecified atom stereocenters. The number of methoxy groups -OCH3 is 1. The zero-order chi connectivity index (χ0) is 18.5. The lowest BCUT2D eigenvalue weighted by Gasteiger charge is -2.22. The number of nitrogens with zero attached hydrogens (tertiary/aromatic N) is 2. The Morgan fingerprint density at radius 3 is 2.77 bits per heavy atom. The molecule has 3 aromatic rings.